The number of hydrogen-bond donors (Lipinski definition) is 2. The lowest BCUT2D eigenvalue weighted by molar-refractivity contribution is 0.101. The van der Waals surface area contributed by atoms with Crippen molar-refractivity contribution in [3.63, 3.8) is 0 Å². The van der Waals surface area contributed by atoms with Gasteiger partial charge >= 0.3 is 6.03 Å². The zero-order valence-corrected chi connectivity index (χ0v) is 11.8. The van der Waals surface area contributed by atoms with Crippen molar-refractivity contribution >= 4 is 29.3 Å². The number of hydrogen-bond acceptors (Lipinski definition) is 3. The normalized spacial score (nSPS) is 18.1. The molecule has 19 heavy (non-hydrogen) atoms. The van der Waals surface area contributed by atoms with Crippen molar-refractivity contribution in [3.05, 3.63) is 29.8 Å². The summed E-state index contributed by atoms with van der Waals surface area (Å²) in [5, 5.41) is 6.15. The van der Waals surface area contributed by atoms with Crippen molar-refractivity contribution in [2.45, 2.75) is 25.0 Å². The highest BCUT2D eigenvalue weighted by atomic mass is 32.2. The fourth-order valence-corrected chi connectivity index (χ4v) is 3.20. The van der Waals surface area contributed by atoms with Gasteiger partial charge in [0.05, 0.1) is 0 Å². The van der Waals surface area contributed by atoms with Crippen molar-refractivity contribution in [1.29, 1.82) is 0 Å². The Balaban J connectivity index is 1.84. The number of rotatable bonds is 4. The van der Waals surface area contributed by atoms with Crippen LogP contribution in [0.25, 0.3) is 0 Å². The summed E-state index contributed by atoms with van der Waals surface area (Å²) >= 11 is 1.91. The molecular formula is C14H18N2O2S. The third kappa shape index (κ3) is 4.28. The van der Waals surface area contributed by atoms with Crippen molar-refractivity contribution < 1.29 is 9.59 Å². The molecule has 2 amide bonds. The second-order valence-corrected chi connectivity index (χ2v) is 6.02. The molecule has 5 heteroatoms. The second-order valence-electron chi connectivity index (χ2n) is 4.61. The highest BCUT2D eigenvalue weighted by molar-refractivity contribution is 8.00. The van der Waals surface area contributed by atoms with Gasteiger partial charge in [0.15, 0.2) is 5.78 Å². The van der Waals surface area contributed by atoms with Crippen LogP contribution >= 0.6 is 11.8 Å². The largest absolute Gasteiger partial charge is 0.337 e. The predicted molar refractivity (Wildman–Crippen MR) is 78.9 cm³/mol. The average Bonchev–Trinajstić information content (AvgIpc) is 2.90. The Morgan fingerprint density at radius 2 is 2.26 bits per heavy atom. The first kappa shape index (κ1) is 13.9. The number of ketones is 1. The van der Waals surface area contributed by atoms with E-state index in [9.17, 15) is 9.59 Å². The first-order chi connectivity index (χ1) is 9.15. The smallest absolute Gasteiger partial charge is 0.319 e. The molecule has 2 N–H and O–H groups in total. The fourth-order valence-electron chi connectivity index (χ4n) is 2.00. The minimum Gasteiger partial charge on any atom is -0.337 e. The van der Waals surface area contributed by atoms with Crippen LogP contribution in [0.4, 0.5) is 10.5 Å². The second kappa shape index (κ2) is 6.61. The topological polar surface area (TPSA) is 58.2 Å². The SMILES string of the molecule is CC(=O)c1cccc(NC(=O)NCC2CCCS2)c1. The van der Waals surface area contributed by atoms with Gasteiger partial charge in [-0.25, -0.2) is 4.79 Å². The molecule has 1 aromatic rings. The highest BCUT2D eigenvalue weighted by Gasteiger charge is 2.16. The molecule has 1 heterocycles. The summed E-state index contributed by atoms with van der Waals surface area (Å²) in [7, 11) is 0. The van der Waals surface area contributed by atoms with Crippen molar-refractivity contribution in [2.75, 3.05) is 17.6 Å². The van der Waals surface area contributed by atoms with E-state index in [1.807, 2.05) is 11.8 Å². The molecule has 102 valence electrons. The van der Waals surface area contributed by atoms with Crippen molar-refractivity contribution in [2.24, 2.45) is 0 Å². The van der Waals surface area contributed by atoms with Crippen molar-refractivity contribution in [3.8, 4) is 0 Å². The van der Waals surface area contributed by atoms with E-state index in [0.29, 0.717) is 23.0 Å². The number of Topliss-reactive ketones (excluding diaryl/α,β-unsaturated/α-hetero) is 1. The van der Waals surface area contributed by atoms with E-state index in [1.54, 1.807) is 24.3 Å². The molecule has 1 atom stereocenters. The molecule has 4 nitrogen and oxygen atoms in total. The average molecular weight is 278 g/mol. The summed E-state index contributed by atoms with van der Waals surface area (Å²) in [6.07, 6.45) is 2.41. The van der Waals surface area contributed by atoms with Gasteiger partial charge in [-0.1, -0.05) is 12.1 Å². The molecule has 1 unspecified atom stereocenters. The number of amides is 2. The van der Waals surface area contributed by atoms with E-state index in [0.717, 1.165) is 0 Å². The number of carbonyl (C=O) groups excluding carboxylic acids is 2. The summed E-state index contributed by atoms with van der Waals surface area (Å²) in [4.78, 5) is 23.0. The van der Waals surface area contributed by atoms with E-state index < -0.39 is 0 Å². The Morgan fingerprint density at radius 1 is 1.42 bits per heavy atom. The maximum atomic E-state index is 11.7. The van der Waals surface area contributed by atoms with Crippen LogP contribution in [0.15, 0.2) is 24.3 Å². The van der Waals surface area contributed by atoms with Crippen LogP contribution in [0.3, 0.4) is 0 Å². The number of carbonyl (C=O) groups is 2. The number of benzene rings is 1. The molecule has 1 saturated heterocycles. The number of anilines is 1. The lowest BCUT2D eigenvalue weighted by Gasteiger charge is -2.11. The standard InChI is InChI=1S/C14H18N2O2S/c1-10(17)11-4-2-5-12(8-11)16-14(18)15-9-13-6-3-7-19-13/h2,4-5,8,13H,3,6-7,9H2,1H3,(H2,15,16,18). The minimum atomic E-state index is -0.215. The van der Waals surface area contributed by atoms with Crippen LogP contribution in [0.1, 0.15) is 30.1 Å². The fraction of sp³-hybridized carbons (Fsp3) is 0.429. The lowest BCUT2D eigenvalue weighted by Crippen LogP contribution is -2.33. The summed E-state index contributed by atoms with van der Waals surface area (Å²) in [6, 6.07) is 6.75. The van der Waals surface area contributed by atoms with E-state index in [4.69, 9.17) is 0 Å². The molecular weight excluding hydrogens is 260 g/mol. The van der Waals surface area contributed by atoms with E-state index >= 15 is 0 Å². The molecule has 0 aromatic heterocycles. The predicted octanol–water partition coefficient (Wildman–Crippen LogP) is 2.91. The van der Waals surface area contributed by atoms with Crippen LogP contribution in [0.5, 0.6) is 0 Å². The van der Waals surface area contributed by atoms with Gasteiger partial charge < -0.3 is 10.6 Å². The van der Waals surface area contributed by atoms with Crippen LogP contribution in [0, 0.1) is 0 Å². The maximum Gasteiger partial charge on any atom is 0.319 e. The Bertz CT molecular complexity index is 470. The third-order valence-electron chi connectivity index (χ3n) is 3.04. The Hall–Kier alpha value is -1.49. The highest BCUT2D eigenvalue weighted by Crippen LogP contribution is 2.25. The monoisotopic (exact) mass is 278 g/mol. The third-order valence-corrected chi connectivity index (χ3v) is 4.44. The van der Waals surface area contributed by atoms with E-state index in [1.165, 1.54) is 25.5 Å². The molecule has 0 saturated carbocycles. The quantitative estimate of drug-likeness (QED) is 0.833. The summed E-state index contributed by atoms with van der Waals surface area (Å²) in [6.45, 7) is 2.21. The summed E-state index contributed by atoms with van der Waals surface area (Å²) < 4.78 is 0. The van der Waals surface area contributed by atoms with E-state index in [2.05, 4.69) is 10.6 Å². The number of nitrogens with one attached hydrogen (secondary N) is 2. The van der Waals surface area contributed by atoms with Gasteiger partial charge in [0.25, 0.3) is 0 Å². The molecule has 0 radical (unpaired) electrons. The van der Waals surface area contributed by atoms with Gasteiger partial charge in [-0.15, -0.1) is 0 Å². The Kier molecular flexibility index (Phi) is 4.85. The molecule has 0 spiro atoms. The van der Waals surface area contributed by atoms with Gasteiger partial charge in [-0.05, 0) is 37.7 Å². The first-order valence-electron chi connectivity index (χ1n) is 6.42. The zero-order chi connectivity index (χ0) is 13.7. The molecule has 2 rings (SSSR count). The number of urea groups is 1. The van der Waals surface area contributed by atoms with Crippen molar-refractivity contribution in [1.82, 2.24) is 5.32 Å². The molecule has 1 aromatic carbocycles. The van der Waals surface area contributed by atoms with Gasteiger partial charge in [-0.3, -0.25) is 4.79 Å². The van der Waals surface area contributed by atoms with Crippen LogP contribution < -0.4 is 10.6 Å². The Labute approximate surface area is 117 Å². The van der Waals surface area contributed by atoms with Crippen LogP contribution in [0.2, 0.25) is 0 Å². The molecule has 1 fully saturated rings. The number of thioether (sulfide) groups is 1. The lowest BCUT2D eigenvalue weighted by atomic mass is 10.1. The van der Waals surface area contributed by atoms with Crippen LogP contribution in [-0.2, 0) is 0 Å². The molecule has 0 bridgehead atoms. The van der Waals surface area contributed by atoms with Gasteiger partial charge in [0.2, 0.25) is 0 Å². The van der Waals surface area contributed by atoms with Gasteiger partial charge in [0, 0.05) is 23.0 Å². The molecule has 1 aliphatic rings. The van der Waals surface area contributed by atoms with Gasteiger partial charge in [-0.2, -0.15) is 11.8 Å². The minimum absolute atomic E-state index is 0.00795. The van der Waals surface area contributed by atoms with Gasteiger partial charge in [0.1, 0.15) is 0 Å². The Morgan fingerprint density at radius 3 is 2.95 bits per heavy atom. The summed E-state index contributed by atoms with van der Waals surface area (Å²) in [5.41, 5.74) is 1.24. The molecule has 1 aliphatic heterocycles. The summed E-state index contributed by atoms with van der Waals surface area (Å²) in [5.74, 6) is 1.18. The first-order valence-corrected chi connectivity index (χ1v) is 7.47. The molecule has 0 aliphatic carbocycles. The maximum absolute atomic E-state index is 11.7. The zero-order valence-electron chi connectivity index (χ0n) is 10.9. The van der Waals surface area contributed by atoms with E-state index in [-0.39, 0.29) is 11.8 Å². The van der Waals surface area contributed by atoms with Crippen LogP contribution in [-0.4, -0.2) is 29.4 Å².